The summed E-state index contributed by atoms with van der Waals surface area (Å²) in [5.41, 5.74) is 6.59. The van der Waals surface area contributed by atoms with Crippen molar-refractivity contribution in [2.24, 2.45) is 0 Å². The number of fused-ring (bicyclic) bond motifs is 2. The fourth-order valence-electron chi connectivity index (χ4n) is 5.23. The van der Waals surface area contributed by atoms with Crippen molar-refractivity contribution >= 4 is 29.2 Å². The van der Waals surface area contributed by atoms with Gasteiger partial charge < -0.3 is 19.4 Å². The van der Waals surface area contributed by atoms with Gasteiger partial charge in [-0.1, -0.05) is 24.3 Å². The van der Waals surface area contributed by atoms with Crippen molar-refractivity contribution in [1.29, 1.82) is 0 Å². The highest BCUT2D eigenvalue weighted by Crippen LogP contribution is 2.40. The van der Waals surface area contributed by atoms with E-state index in [1.54, 1.807) is 18.2 Å². The highest BCUT2D eigenvalue weighted by atomic mass is 16.4. The molecular formula is C24H27BN2O4. The predicted octanol–water partition coefficient (Wildman–Crippen LogP) is 1.80. The first kappa shape index (κ1) is 20.3. The lowest BCUT2D eigenvalue weighted by atomic mass is 9.77. The van der Waals surface area contributed by atoms with Crippen LogP contribution in [-0.4, -0.2) is 42.2 Å². The topological polar surface area (TPSA) is 77.1 Å². The molecule has 2 N–H and O–H groups in total. The molecule has 6 nitrogen and oxygen atoms in total. The molecule has 0 aliphatic carbocycles. The molecule has 0 spiro atoms. The van der Waals surface area contributed by atoms with E-state index in [1.807, 2.05) is 19.2 Å². The second-order valence-corrected chi connectivity index (χ2v) is 8.77. The van der Waals surface area contributed by atoms with Crippen molar-refractivity contribution in [2.75, 3.05) is 25.0 Å². The molecule has 5 rings (SSSR count). The number of benzene rings is 2. The van der Waals surface area contributed by atoms with E-state index in [4.69, 9.17) is 4.42 Å². The fourth-order valence-corrected chi connectivity index (χ4v) is 5.23. The van der Waals surface area contributed by atoms with Crippen molar-refractivity contribution in [3.8, 4) is 0 Å². The number of aryl methyl sites for hydroxylation is 2. The Morgan fingerprint density at radius 2 is 1.81 bits per heavy atom. The van der Waals surface area contributed by atoms with Gasteiger partial charge in [0.25, 0.3) is 0 Å². The largest absolute Gasteiger partial charge is 0.488 e. The van der Waals surface area contributed by atoms with E-state index in [2.05, 4.69) is 15.9 Å². The molecular weight excluding hydrogens is 391 g/mol. The lowest BCUT2D eigenvalue weighted by Crippen LogP contribution is -2.35. The predicted molar refractivity (Wildman–Crippen MR) is 123 cm³/mol. The zero-order chi connectivity index (χ0) is 21.5. The number of rotatable bonds is 5. The number of nitrogens with zero attached hydrogens (tertiary/aromatic N) is 2. The summed E-state index contributed by atoms with van der Waals surface area (Å²) >= 11 is 0. The van der Waals surface area contributed by atoms with Crippen LogP contribution in [-0.2, 0) is 25.9 Å². The van der Waals surface area contributed by atoms with Crippen LogP contribution in [0.15, 0.2) is 45.6 Å². The minimum absolute atomic E-state index is 0.314. The van der Waals surface area contributed by atoms with E-state index >= 15 is 0 Å². The Bertz CT molecular complexity index is 1190. The third-order valence-corrected chi connectivity index (χ3v) is 6.53. The summed E-state index contributed by atoms with van der Waals surface area (Å²) in [6.07, 6.45) is 4.25. The molecule has 0 fully saturated rings. The van der Waals surface area contributed by atoms with E-state index in [0.29, 0.717) is 18.6 Å². The summed E-state index contributed by atoms with van der Waals surface area (Å²) in [6.45, 7) is 3.27. The van der Waals surface area contributed by atoms with Gasteiger partial charge in [-0.25, -0.2) is 4.79 Å². The first-order valence-corrected chi connectivity index (χ1v) is 11.0. The molecule has 2 aliphatic heterocycles. The van der Waals surface area contributed by atoms with Crippen LogP contribution in [0, 0.1) is 0 Å². The molecule has 0 bridgehead atoms. The molecule has 3 aromatic rings. The van der Waals surface area contributed by atoms with Crippen LogP contribution in [0.5, 0.6) is 0 Å². The maximum Gasteiger partial charge on any atom is 0.488 e. The zero-order valence-corrected chi connectivity index (χ0v) is 17.8. The van der Waals surface area contributed by atoms with Crippen LogP contribution in [0.1, 0.15) is 35.1 Å². The average molecular weight is 418 g/mol. The van der Waals surface area contributed by atoms with E-state index in [1.165, 1.54) is 16.8 Å². The first-order chi connectivity index (χ1) is 15.0. The summed E-state index contributed by atoms with van der Waals surface area (Å²) in [6, 6.07) is 11.1. The Balaban J connectivity index is 1.53. The maximum absolute atomic E-state index is 12.5. The third kappa shape index (κ3) is 3.78. The SMILES string of the molecule is CN(Cc1ccccc1B(O)O)Cc1cc(=O)oc2c3c4c(cc12)CCCN4CCC3. The van der Waals surface area contributed by atoms with Gasteiger partial charge in [0.15, 0.2) is 0 Å². The highest BCUT2D eigenvalue weighted by molar-refractivity contribution is 6.59. The van der Waals surface area contributed by atoms with Gasteiger partial charge in [0, 0.05) is 48.9 Å². The molecule has 0 amide bonds. The quantitative estimate of drug-likeness (QED) is 0.486. The van der Waals surface area contributed by atoms with Crippen LogP contribution in [0.2, 0.25) is 0 Å². The summed E-state index contributed by atoms with van der Waals surface area (Å²) in [7, 11) is 0.474. The number of hydrogen-bond donors (Lipinski definition) is 2. The van der Waals surface area contributed by atoms with Crippen molar-refractivity contribution in [2.45, 2.75) is 38.8 Å². The van der Waals surface area contributed by atoms with Crippen molar-refractivity contribution in [3.63, 3.8) is 0 Å². The Labute approximate surface area is 181 Å². The molecule has 0 unspecified atom stereocenters. The molecule has 160 valence electrons. The molecule has 3 heterocycles. The van der Waals surface area contributed by atoms with Crippen LogP contribution in [0.3, 0.4) is 0 Å². The van der Waals surface area contributed by atoms with Gasteiger partial charge >= 0.3 is 12.7 Å². The normalized spacial score (nSPS) is 15.4. The number of anilines is 1. The molecule has 0 atom stereocenters. The van der Waals surface area contributed by atoms with Crippen LogP contribution in [0.25, 0.3) is 11.0 Å². The molecule has 0 saturated heterocycles. The smallest absolute Gasteiger partial charge is 0.423 e. The van der Waals surface area contributed by atoms with Gasteiger partial charge in [-0.2, -0.15) is 0 Å². The molecule has 2 aliphatic rings. The van der Waals surface area contributed by atoms with Gasteiger partial charge in [0.1, 0.15) is 5.58 Å². The van der Waals surface area contributed by atoms with E-state index in [-0.39, 0.29) is 5.63 Å². The van der Waals surface area contributed by atoms with Crippen molar-refractivity contribution in [1.82, 2.24) is 4.90 Å². The molecule has 1 aromatic heterocycles. The van der Waals surface area contributed by atoms with Crippen molar-refractivity contribution < 1.29 is 14.5 Å². The zero-order valence-electron chi connectivity index (χ0n) is 17.8. The van der Waals surface area contributed by atoms with E-state index in [9.17, 15) is 14.8 Å². The molecule has 7 heteroatoms. The monoisotopic (exact) mass is 418 g/mol. The van der Waals surface area contributed by atoms with Crippen molar-refractivity contribution in [3.05, 3.63) is 69.1 Å². The number of hydrogen-bond acceptors (Lipinski definition) is 6. The Morgan fingerprint density at radius 3 is 2.61 bits per heavy atom. The summed E-state index contributed by atoms with van der Waals surface area (Å²) in [5, 5.41) is 20.4. The van der Waals surface area contributed by atoms with Gasteiger partial charge in [-0.05, 0) is 61.0 Å². The standard InChI is InChI=1S/C24H27BN2O4/c1-26(14-17-6-2-3-9-21(17)25(29)30)15-18-13-22(28)31-24-19-8-5-11-27-10-4-7-16(23(19)27)12-20(18)24/h2-3,6,9,12-13,29-30H,4-5,7-8,10-11,14-15H2,1H3. The van der Waals surface area contributed by atoms with E-state index < -0.39 is 7.12 Å². The Kier molecular flexibility index (Phi) is 5.34. The van der Waals surface area contributed by atoms with Crippen LogP contribution in [0.4, 0.5) is 5.69 Å². The van der Waals surface area contributed by atoms with Crippen LogP contribution < -0.4 is 16.0 Å². The molecule has 0 radical (unpaired) electrons. The lowest BCUT2D eigenvalue weighted by Gasteiger charge is -2.37. The third-order valence-electron chi connectivity index (χ3n) is 6.53. The minimum atomic E-state index is -1.50. The molecule has 2 aromatic carbocycles. The Hall–Kier alpha value is -2.61. The fraction of sp³-hybridized carbons (Fsp3) is 0.375. The highest BCUT2D eigenvalue weighted by Gasteiger charge is 2.27. The minimum Gasteiger partial charge on any atom is -0.423 e. The second kappa shape index (κ2) is 8.15. The first-order valence-electron chi connectivity index (χ1n) is 11.0. The summed E-state index contributed by atoms with van der Waals surface area (Å²) in [5.74, 6) is 0. The summed E-state index contributed by atoms with van der Waals surface area (Å²) < 4.78 is 5.76. The van der Waals surface area contributed by atoms with Gasteiger partial charge in [0.2, 0.25) is 0 Å². The second-order valence-electron chi connectivity index (χ2n) is 8.77. The van der Waals surface area contributed by atoms with Crippen LogP contribution >= 0.6 is 0 Å². The average Bonchev–Trinajstić information content (AvgIpc) is 2.75. The Morgan fingerprint density at radius 1 is 1.06 bits per heavy atom. The summed E-state index contributed by atoms with van der Waals surface area (Å²) in [4.78, 5) is 17.0. The molecule has 0 saturated carbocycles. The maximum atomic E-state index is 12.5. The van der Waals surface area contributed by atoms with Gasteiger partial charge in [-0.15, -0.1) is 0 Å². The molecule has 31 heavy (non-hydrogen) atoms. The lowest BCUT2D eigenvalue weighted by molar-refractivity contribution is 0.319. The van der Waals surface area contributed by atoms with Gasteiger partial charge in [0.05, 0.1) is 0 Å². The van der Waals surface area contributed by atoms with Gasteiger partial charge in [-0.3, -0.25) is 4.90 Å². The van der Waals surface area contributed by atoms with E-state index in [0.717, 1.165) is 60.9 Å².